The van der Waals surface area contributed by atoms with Gasteiger partial charge in [0.15, 0.2) is 3.77 Å². The molecule has 0 unspecified atom stereocenters. The predicted octanol–water partition coefficient (Wildman–Crippen LogP) is 2.70. The third kappa shape index (κ3) is 4.63. The number of carbonyl (C=O) groups is 1. The van der Waals surface area contributed by atoms with Gasteiger partial charge in [-0.05, 0) is 46.7 Å². The molecule has 1 aliphatic heterocycles. The molecule has 110 valence electrons. The van der Waals surface area contributed by atoms with Gasteiger partial charge in [-0.3, -0.25) is 9.69 Å². The standard InChI is InChI=1S/C15H21IN2O2/c1-12(2)11-17-7-9-18(10-8-17)15(19)6-4-13-3-5-14(16)20-13/h3-6,12H,7-11H2,1-2H3/b6-4+. The molecule has 0 aromatic carbocycles. The maximum Gasteiger partial charge on any atom is 0.246 e. The second kappa shape index (κ2) is 7.26. The van der Waals surface area contributed by atoms with Crippen molar-refractivity contribution >= 4 is 34.6 Å². The van der Waals surface area contributed by atoms with E-state index in [1.807, 2.05) is 17.0 Å². The molecule has 1 aromatic heterocycles. The summed E-state index contributed by atoms with van der Waals surface area (Å²) in [5, 5.41) is 0. The molecule has 0 bridgehead atoms. The Balaban J connectivity index is 1.81. The van der Waals surface area contributed by atoms with Crippen LogP contribution in [0, 0.1) is 9.68 Å². The SMILES string of the molecule is CC(C)CN1CCN(C(=O)/C=C/c2ccc(I)o2)CC1. The highest BCUT2D eigenvalue weighted by atomic mass is 127. The van der Waals surface area contributed by atoms with Crippen molar-refractivity contribution in [2.75, 3.05) is 32.7 Å². The first-order valence-electron chi connectivity index (χ1n) is 6.99. The summed E-state index contributed by atoms with van der Waals surface area (Å²) in [5.74, 6) is 1.47. The van der Waals surface area contributed by atoms with Gasteiger partial charge < -0.3 is 9.32 Å². The molecule has 1 saturated heterocycles. The third-order valence-corrected chi connectivity index (χ3v) is 3.87. The Kier molecular flexibility index (Phi) is 5.65. The van der Waals surface area contributed by atoms with Crippen LogP contribution >= 0.6 is 22.6 Å². The van der Waals surface area contributed by atoms with Gasteiger partial charge >= 0.3 is 0 Å². The van der Waals surface area contributed by atoms with E-state index in [1.54, 1.807) is 12.2 Å². The topological polar surface area (TPSA) is 36.7 Å². The fourth-order valence-corrected chi connectivity index (χ4v) is 2.78. The molecule has 1 aromatic rings. The monoisotopic (exact) mass is 388 g/mol. The van der Waals surface area contributed by atoms with E-state index in [9.17, 15) is 4.79 Å². The second-order valence-corrected chi connectivity index (χ2v) is 6.56. The zero-order chi connectivity index (χ0) is 14.5. The van der Waals surface area contributed by atoms with E-state index in [0.29, 0.717) is 5.92 Å². The maximum absolute atomic E-state index is 12.1. The Bertz CT molecular complexity index is 474. The van der Waals surface area contributed by atoms with Gasteiger partial charge in [0.2, 0.25) is 5.91 Å². The van der Waals surface area contributed by atoms with Crippen molar-refractivity contribution in [3.63, 3.8) is 0 Å². The average Bonchev–Trinajstić information content (AvgIpc) is 2.82. The Morgan fingerprint density at radius 3 is 2.60 bits per heavy atom. The number of rotatable bonds is 4. The first-order valence-corrected chi connectivity index (χ1v) is 8.07. The molecule has 1 fully saturated rings. The van der Waals surface area contributed by atoms with E-state index in [1.165, 1.54) is 0 Å². The van der Waals surface area contributed by atoms with Crippen LogP contribution < -0.4 is 0 Å². The van der Waals surface area contributed by atoms with Gasteiger partial charge in [-0.25, -0.2) is 0 Å². The Labute approximate surface area is 133 Å². The van der Waals surface area contributed by atoms with Gasteiger partial charge in [0, 0.05) is 38.8 Å². The molecular weight excluding hydrogens is 367 g/mol. The average molecular weight is 388 g/mol. The highest BCUT2D eigenvalue weighted by Crippen LogP contribution is 2.12. The first kappa shape index (κ1) is 15.6. The molecule has 0 aliphatic carbocycles. The number of carbonyl (C=O) groups excluding carboxylic acids is 1. The van der Waals surface area contributed by atoms with Crippen LogP contribution in [0.3, 0.4) is 0 Å². The fraction of sp³-hybridized carbons (Fsp3) is 0.533. The molecule has 5 heteroatoms. The number of piperazine rings is 1. The van der Waals surface area contributed by atoms with E-state index in [-0.39, 0.29) is 5.91 Å². The van der Waals surface area contributed by atoms with Crippen molar-refractivity contribution in [1.29, 1.82) is 0 Å². The number of amides is 1. The van der Waals surface area contributed by atoms with Crippen molar-refractivity contribution in [3.05, 3.63) is 27.7 Å². The van der Waals surface area contributed by atoms with Gasteiger partial charge in [0.05, 0.1) is 0 Å². The van der Waals surface area contributed by atoms with E-state index in [2.05, 4.69) is 41.3 Å². The van der Waals surface area contributed by atoms with Crippen molar-refractivity contribution in [2.45, 2.75) is 13.8 Å². The number of nitrogens with zero attached hydrogens (tertiary/aromatic N) is 2. The lowest BCUT2D eigenvalue weighted by atomic mass is 10.2. The van der Waals surface area contributed by atoms with Crippen LogP contribution in [-0.4, -0.2) is 48.4 Å². The number of hydrogen-bond donors (Lipinski definition) is 0. The van der Waals surface area contributed by atoms with E-state index in [0.717, 1.165) is 42.3 Å². The summed E-state index contributed by atoms with van der Waals surface area (Å²) in [6.45, 7) is 9.13. The summed E-state index contributed by atoms with van der Waals surface area (Å²) >= 11 is 2.11. The van der Waals surface area contributed by atoms with Crippen LogP contribution in [0.4, 0.5) is 0 Å². The molecule has 0 saturated carbocycles. The highest BCUT2D eigenvalue weighted by molar-refractivity contribution is 14.1. The van der Waals surface area contributed by atoms with Crippen LogP contribution in [0.15, 0.2) is 22.6 Å². The molecule has 1 amide bonds. The second-order valence-electron chi connectivity index (χ2n) is 5.49. The summed E-state index contributed by atoms with van der Waals surface area (Å²) in [6.07, 6.45) is 3.35. The Morgan fingerprint density at radius 2 is 2.05 bits per heavy atom. The van der Waals surface area contributed by atoms with Crippen molar-refractivity contribution < 1.29 is 9.21 Å². The van der Waals surface area contributed by atoms with Crippen LogP contribution in [-0.2, 0) is 4.79 Å². The predicted molar refractivity (Wildman–Crippen MR) is 88.3 cm³/mol. The van der Waals surface area contributed by atoms with Crippen LogP contribution in [0.1, 0.15) is 19.6 Å². The largest absolute Gasteiger partial charge is 0.451 e. The van der Waals surface area contributed by atoms with Crippen LogP contribution in [0.2, 0.25) is 0 Å². The van der Waals surface area contributed by atoms with Crippen LogP contribution in [0.25, 0.3) is 6.08 Å². The summed E-state index contributed by atoms with van der Waals surface area (Å²) in [5.41, 5.74) is 0. The maximum atomic E-state index is 12.1. The molecule has 0 atom stereocenters. The molecule has 0 spiro atoms. The Morgan fingerprint density at radius 1 is 1.35 bits per heavy atom. The smallest absolute Gasteiger partial charge is 0.246 e. The summed E-state index contributed by atoms with van der Waals surface area (Å²) < 4.78 is 6.23. The quantitative estimate of drug-likeness (QED) is 0.588. The highest BCUT2D eigenvalue weighted by Gasteiger charge is 2.19. The molecule has 2 heterocycles. The molecule has 20 heavy (non-hydrogen) atoms. The summed E-state index contributed by atoms with van der Waals surface area (Å²) in [4.78, 5) is 16.4. The third-order valence-electron chi connectivity index (χ3n) is 3.29. The summed E-state index contributed by atoms with van der Waals surface area (Å²) in [7, 11) is 0. The molecule has 0 N–H and O–H groups in total. The van der Waals surface area contributed by atoms with Gasteiger partial charge in [-0.2, -0.15) is 0 Å². The summed E-state index contributed by atoms with van der Waals surface area (Å²) in [6, 6.07) is 3.75. The van der Waals surface area contributed by atoms with E-state index < -0.39 is 0 Å². The molecule has 1 aliphatic rings. The first-order chi connectivity index (χ1) is 9.54. The van der Waals surface area contributed by atoms with Crippen molar-refractivity contribution in [1.82, 2.24) is 9.80 Å². The number of hydrogen-bond acceptors (Lipinski definition) is 3. The van der Waals surface area contributed by atoms with Crippen LogP contribution in [0.5, 0.6) is 0 Å². The van der Waals surface area contributed by atoms with Crippen molar-refractivity contribution in [3.8, 4) is 0 Å². The normalized spacial score (nSPS) is 17.3. The lowest BCUT2D eigenvalue weighted by Crippen LogP contribution is -2.49. The van der Waals surface area contributed by atoms with Gasteiger partial charge in [-0.15, -0.1) is 0 Å². The van der Waals surface area contributed by atoms with E-state index in [4.69, 9.17) is 4.42 Å². The molecule has 2 rings (SSSR count). The lowest BCUT2D eigenvalue weighted by molar-refractivity contribution is -0.127. The van der Waals surface area contributed by atoms with Gasteiger partial charge in [0.1, 0.15) is 5.76 Å². The minimum absolute atomic E-state index is 0.0700. The molecular formula is C15H21IN2O2. The fourth-order valence-electron chi connectivity index (χ4n) is 2.34. The minimum atomic E-state index is 0.0700. The van der Waals surface area contributed by atoms with Crippen molar-refractivity contribution in [2.24, 2.45) is 5.92 Å². The minimum Gasteiger partial charge on any atom is -0.451 e. The molecule has 0 radical (unpaired) electrons. The number of furan rings is 1. The van der Waals surface area contributed by atoms with Gasteiger partial charge in [-0.1, -0.05) is 13.8 Å². The molecule has 4 nitrogen and oxygen atoms in total. The zero-order valence-electron chi connectivity index (χ0n) is 12.0. The number of halogens is 1. The lowest BCUT2D eigenvalue weighted by Gasteiger charge is -2.35. The van der Waals surface area contributed by atoms with E-state index >= 15 is 0 Å². The zero-order valence-corrected chi connectivity index (χ0v) is 14.2. The Hall–Kier alpha value is -0.820. The van der Waals surface area contributed by atoms with Gasteiger partial charge in [0.25, 0.3) is 0 Å².